The van der Waals surface area contributed by atoms with Gasteiger partial charge in [0.25, 0.3) is 0 Å². The first kappa shape index (κ1) is 18.7. The largest absolute Gasteiger partial charge is 0.392 e. The van der Waals surface area contributed by atoms with Gasteiger partial charge in [-0.1, -0.05) is 67.6 Å². The molecule has 2 rings (SSSR count). The molecule has 0 aromatic heterocycles. The average Bonchev–Trinajstić information content (AvgIpc) is 2.59. The number of nitrogens with zero attached hydrogens (tertiary/aromatic N) is 1. The second-order valence-electron chi connectivity index (χ2n) is 7.80. The summed E-state index contributed by atoms with van der Waals surface area (Å²) in [5.41, 5.74) is 2.01. The van der Waals surface area contributed by atoms with Gasteiger partial charge in [-0.15, -0.1) is 0 Å². The lowest BCUT2D eigenvalue weighted by Crippen LogP contribution is -2.51. The Morgan fingerprint density at radius 1 is 0.875 bits per heavy atom. The zero-order chi connectivity index (χ0) is 17.8. The Balaban J connectivity index is 2.65. The highest BCUT2D eigenvalue weighted by Gasteiger charge is 2.43. The van der Waals surface area contributed by atoms with Gasteiger partial charge in [0.1, 0.15) is 0 Å². The number of hydrogen-bond donors (Lipinski definition) is 1. The van der Waals surface area contributed by atoms with E-state index in [9.17, 15) is 5.11 Å². The molecule has 2 unspecified atom stereocenters. The van der Waals surface area contributed by atoms with Gasteiger partial charge in [-0.25, -0.2) is 0 Å². The first-order valence-electron chi connectivity index (χ1n) is 8.92. The highest BCUT2D eigenvalue weighted by atomic mass is 16.3. The molecule has 0 aliphatic heterocycles. The predicted octanol–water partition coefficient (Wildman–Crippen LogP) is 4.23. The molecule has 0 saturated carbocycles. The molecule has 0 amide bonds. The Labute approximate surface area is 147 Å². The maximum absolute atomic E-state index is 11.2. The van der Waals surface area contributed by atoms with E-state index in [-0.39, 0.29) is 5.41 Å². The maximum Gasteiger partial charge on any atom is 0.0868 e. The molecule has 2 aromatic carbocycles. The minimum atomic E-state index is -0.420. The first-order valence-corrected chi connectivity index (χ1v) is 8.92. The van der Waals surface area contributed by atoms with Gasteiger partial charge >= 0.3 is 0 Å². The molecule has 130 valence electrons. The molecule has 24 heavy (non-hydrogen) atoms. The monoisotopic (exact) mass is 326 g/mol. The van der Waals surface area contributed by atoms with Crippen molar-refractivity contribution in [1.29, 1.82) is 0 Å². The van der Waals surface area contributed by atoms with Gasteiger partial charge in [0, 0.05) is 6.42 Å². The Bertz CT molecular complexity index is 576. The van der Waals surface area contributed by atoms with Crippen molar-refractivity contribution >= 4 is 0 Å². The average molecular weight is 327 g/mol. The van der Waals surface area contributed by atoms with Crippen molar-refractivity contribution in [2.24, 2.45) is 0 Å². The third kappa shape index (κ3) is 3.71. The highest BCUT2D eigenvalue weighted by molar-refractivity contribution is 5.41. The number of aliphatic hydroxyl groups excluding tert-OH is 1. The van der Waals surface area contributed by atoms with Gasteiger partial charge in [0.2, 0.25) is 0 Å². The van der Waals surface area contributed by atoms with Crippen LogP contribution < -0.4 is 0 Å². The number of rotatable bonds is 7. The summed E-state index contributed by atoms with van der Waals surface area (Å²) < 4.78 is 0.873. The molecule has 2 nitrogen and oxygen atoms in total. The molecule has 2 heteroatoms. The van der Waals surface area contributed by atoms with Crippen LogP contribution in [0, 0.1) is 0 Å². The first-order chi connectivity index (χ1) is 11.3. The van der Waals surface area contributed by atoms with Crippen molar-refractivity contribution in [1.82, 2.24) is 0 Å². The standard InChI is InChI=1S/C22H32NO/c1-6-21(24)22(17-18(2)23(3,4)5,19-13-9-7-10-14-19)20-15-11-8-12-16-20/h7-16,18,21,24H,6,17H2,1-5H3/q+1. The van der Waals surface area contributed by atoms with Crippen molar-refractivity contribution in [2.45, 2.75) is 44.2 Å². The molecule has 0 bridgehead atoms. The lowest BCUT2D eigenvalue weighted by atomic mass is 9.66. The smallest absolute Gasteiger partial charge is 0.0868 e. The molecule has 0 spiro atoms. The fraction of sp³-hybridized carbons (Fsp3) is 0.455. The Kier molecular flexibility index (Phi) is 5.84. The van der Waals surface area contributed by atoms with Crippen LogP contribution in [0.1, 0.15) is 37.8 Å². The number of benzene rings is 2. The molecule has 0 aliphatic carbocycles. The Hall–Kier alpha value is -1.64. The fourth-order valence-corrected chi connectivity index (χ4v) is 3.48. The lowest BCUT2D eigenvalue weighted by molar-refractivity contribution is -0.894. The van der Waals surface area contributed by atoms with Crippen LogP contribution in [0.2, 0.25) is 0 Å². The normalized spacial score (nSPS) is 15.1. The van der Waals surface area contributed by atoms with Crippen LogP contribution in [0.3, 0.4) is 0 Å². The Morgan fingerprint density at radius 3 is 1.62 bits per heavy atom. The van der Waals surface area contributed by atoms with Crippen LogP contribution in [-0.2, 0) is 5.41 Å². The summed E-state index contributed by atoms with van der Waals surface area (Å²) in [5, 5.41) is 11.2. The zero-order valence-electron chi connectivity index (χ0n) is 15.7. The number of aliphatic hydroxyl groups is 1. The van der Waals surface area contributed by atoms with Gasteiger partial charge in [-0.2, -0.15) is 0 Å². The second-order valence-corrected chi connectivity index (χ2v) is 7.80. The van der Waals surface area contributed by atoms with Crippen LogP contribution in [0.4, 0.5) is 0 Å². The summed E-state index contributed by atoms with van der Waals surface area (Å²) in [6, 6.07) is 21.4. The van der Waals surface area contributed by atoms with Crippen LogP contribution in [-0.4, -0.2) is 42.9 Å². The van der Waals surface area contributed by atoms with Gasteiger partial charge in [0.15, 0.2) is 0 Å². The van der Waals surface area contributed by atoms with Gasteiger partial charge in [0.05, 0.1) is 38.7 Å². The zero-order valence-corrected chi connectivity index (χ0v) is 15.7. The van der Waals surface area contributed by atoms with Crippen molar-refractivity contribution in [2.75, 3.05) is 21.1 Å². The highest BCUT2D eigenvalue weighted by Crippen LogP contribution is 2.42. The van der Waals surface area contributed by atoms with Crippen LogP contribution in [0.25, 0.3) is 0 Å². The van der Waals surface area contributed by atoms with Crippen molar-refractivity contribution in [3.05, 3.63) is 71.8 Å². The summed E-state index contributed by atoms with van der Waals surface area (Å²) in [6.45, 7) is 4.35. The van der Waals surface area contributed by atoms with E-state index >= 15 is 0 Å². The molecular weight excluding hydrogens is 294 g/mol. The summed E-state index contributed by atoms with van der Waals surface area (Å²) in [4.78, 5) is 0. The topological polar surface area (TPSA) is 20.2 Å². The van der Waals surface area contributed by atoms with E-state index in [4.69, 9.17) is 0 Å². The van der Waals surface area contributed by atoms with Crippen molar-refractivity contribution in [3.63, 3.8) is 0 Å². The van der Waals surface area contributed by atoms with E-state index in [1.165, 1.54) is 11.1 Å². The second kappa shape index (κ2) is 7.50. The van der Waals surface area contributed by atoms with E-state index < -0.39 is 6.10 Å². The molecule has 0 saturated heterocycles. The summed E-state index contributed by atoms with van der Waals surface area (Å²) in [5.74, 6) is 0. The van der Waals surface area contributed by atoms with Gasteiger partial charge in [-0.3, -0.25) is 0 Å². The summed E-state index contributed by atoms with van der Waals surface area (Å²) >= 11 is 0. The van der Waals surface area contributed by atoms with Crippen LogP contribution in [0.5, 0.6) is 0 Å². The minimum Gasteiger partial charge on any atom is -0.392 e. The molecule has 2 aromatic rings. The molecular formula is C22H32NO+. The van der Waals surface area contributed by atoms with E-state index in [2.05, 4.69) is 83.5 Å². The van der Waals surface area contributed by atoms with E-state index in [1.807, 2.05) is 12.1 Å². The molecule has 1 N–H and O–H groups in total. The maximum atomic E-state index is 11.2. The van der Waals surface area contributed by atoms with Crippen LogP contribution in [0.15, 0.2) is 60.7 Å². The SMILES string of the molecule is CCC(O)C(CC(C)[N+](C)(C)C)(c1ccccc1)c1ccccc1. The molecule has 0 fully saturated rings. The quantitative estimate of drug-likeness (QED) is 0.755. The molecule has 0 radical (unpaired) electrons. The lowest BCUT2D eigenvalue weighted by Gasteiger charge is -2.44. The number of hydrogen-bond acceptors (Lipinski definition) is 1. The summed E-state index contributed by atoms with van der Waals surface area (Å²) in [6.07, 6.45) is 1.21. The molecule has 0 aliphatic rings. The van der Waals surface area contributed by atoms with Crippen molar-refractivity contribution in [3.8, 4) is 0 Å². The molecule has 0 heterocycles. The number of quaternary nitrogens is 1. The van der Waals surface area contributed by atoms with Crippen molar-refractivity contribution < 1.29 is 9.59 Å². The molecule has 2 atom stereocenters. The Morgan fingerprint density at radius 2 is 1.29 bits per heavy atom. The van der Waals surface area contributed by atoms with E-state index in [0.717, 1.165) is 17.3 Å². The third-order valence-electron chi connectivity index (χ3n) is 5.47. The summed E-state index contributed by atoms with van der Waals surface area (Å²) in [7, 11) is 6.68. The third-order valence-corrected chi connectivity index (χ3v) is 5.47. The van der Waals surface area contributed by atoms with E-state index in [1.54, 1.807) is 0 Å². The van der Waals surface area contributed by atoms with Gasteiger partial charge < -0.3 is 9.59 Å². The minimum absolute atomic E-state index is 0.387. The van der Waals surface area contributed by atoms with Gasteiger partial charge in [-0.05, 0) is 24.5 Å². The predicted molar refractivity (Wildman–Crippen MR) is 102 cm³/mol. The van der Waals surface area contributed by atoms with Crippen LogP contribution >= 0.6 is 0 Å². The fourth-order valence-electron chi connectivity index (χ4n) is 3.48. The van der Waals surface area contributed by atoms with E-state index in [0.29, 0.717) is 6.04 Å².